The van der Waals surface area contributed by atoms with Crippen LogP contribution in [0.1, 0.15) is 32.0 Å². The van der Waals surface area contributed by atoms with Crippen molar-refractivity contribution in [1.82, 2.24) is 20.2 Å². The van der Waals surface area contributed by atoms with E-state index in [-0.39, 0.29) is 0 Å². The summed E-state index contributed by atoms with van der Waals surface area (Å²) in [5.41, 5.74) is 2.14. The number of aromatic nitrogens is 2. The number of nitrogens with zero attached hydrogens (tertiary/aromatic N) is 3. The molecule has 0 amide bonds. The third-order valence-corrected chi connectivity index (χ3v) is 3.87. The molecule has 24 heavy (non-hydrogen) atoms. The zero-order chi connectivity index (χ0) is 17.2. The number of unbranched alkanes of at least 4 members (excludes halogenated alkanes) is 1. The van der Waals surface area contributed by atoms with Gasteiger partial charge in [-0.05, 0) is 38.3 Å². The summed E-state index contributed by atoms with van der Waals surface area (Å²) in [6.07, 6.45) is 6.00. The topological polar surface area (TPSA) is 56.3 Å². The van der Waals surface area contributed by atoms with Crippen molar-refractivity contribution in [3.05, 3.63) is 42.7 Å². The fourth-order valence-electron chi connectivity index (χ4n) is 2.60. The van der Waals surface area contributed by atoms with Crippen LogP contribution >= 0.6 is 0 Å². The van der Waals surface area contributed by atoms with Crippen LogP contribution in [0.5, 0.6) is 0 Å². The van der Waals surface area contributed by atoms with Crippen molar-refractivity contribution in [2.45, 2.75) is 32.6 Å². The number of hydrogen-bond acceptors (Lipinski definition) is 2. The second-order valence-corrected chi connectivity index (χ2v) is 5.89. The zero-order valence-electron chi connectivity index (χ0n) is 14.9. The van der Waals surface area contributed by atoms with Crippen molar-refractivity contribution < 1.29 is 0 Å². The number of benzene rings is 1. The van der Waals surface area contributed by atoms with Crippen LogP contribution in [0.15, 0.2) is 41.9 Å². The van der Waals surface area contributed by atoms with E-state index in [0.717, 1.165) is 68.1 Å². The summed E-state index contributed by atoms with van der Waals surface area (Å²) in [5.74, 6) is 2.02. The predicted octanol–water partition coefficient (Wildman–Crippen LogP) is 3.36. The first-order chi connectivity index (χ1) is 11.7. The van der Waals surface area contributed by atoms with Crippen LogP contribution in [0.2, 0.25) is 0 Å². The third kappa shape index (κ3) is 5.41. The molecule has 5 nitrogen and oxygen atoms in total. The van der Waals surface area contributed by atoms with Crippen molar-refractivity contribution >= 4 is 17.0 Å². The maximum Gasteiger partial charge on any atom is 0.193 e. The van der Waals surface area contributed by atoms with Crippen LogP contribution in [0.25, 0.3) is 11.0 Å². The molecule has 0 fully saturated rings. The Kier molecular flexibility index (Phi) is 7.33. The van der Waals surface area contributed by atoms with Gasteiger partial charge >= 0.3 is 0 Å². The number of guanidine groups is 1. The minimum Gasteiger partial charge on any atom is -0.357 e. The molecule has 2 rings (SSSR count). The molecule has 2 aromatic rings. The van der Waals surface area contributed by atoms with Gasteiger partial charge in [0.2, 0.25) is 0 Å². The van der Waals surface area contributed by atoms with Gasteiger partial charge in [-0.1, -0.05) is 18.2 Å². The lowest BCUT2D eigenvalue weighted by atomic mass is 10.3. The Hall–Kier alpha value is -2.30. The smallest absolute Gasteiger partial charge is 0.193 e. The van der Waals surface area contributed by atoms with Crippen molar-refractivity contribution in [2.24, 2.45) is 4.99 Å². The van der Waals surface area contributed by atoms with E-state index in [1.165, 1.54) is 0 Å². The highest BCUT2D eigenvalue weighted by atomic mass is 15.3. The van der Waals surface area contributed by atoms with Gasteiger partial charge < -0.3 is 15.2 Å². The second-order valence-electron chi connectivity index (χ2n) is 5.89. The molecule has 0 saturated carbocycles. The monoisotopic (exact) mass is 327 g/mol. The molecule has 0 bridgehead atoms. The normalized spacial score (nSPS) is 11.7. The first-order valence-electron chi connectivity index (χ1n) is 8.78. The van der Waals surface area contributed by atoms with Crippen LogP contribution < -0.4 is 5.32 Å². The van der Waals surface area contributed by atoms with Gasteiger partial charge in [0.25, 0.3) is 0 Å². The van der Waals surface area contributed by atoms with Gasteiger partial charge in [0.1, 0.15) is 5.82 Å². The molecule has 0 aliphatic carbocycles. The molecule has 1 aromatic heterocycles. The van der Waals surface area contributed by atoms with Crippen molar-refractivity contribution in [3.8, 4) is 0 Å². The second kappa shape index (κ2) is 9.75. The molecule has 0 unspecified atom stereocenters. The summed E-state index contributed by atoms with van der Waals surface area (Å²) in [4.78, 5) is 14.9. The van der Waals surface area contributed by atoms with Gasteiger partial charge in [0, 0.05) is 33.1 Å². The molecular formula is C19H29N5. The number of H-pyrrole nitrogens is 1. The Morgan fingerprint density at radius 1 is 1.38 bits per heavy atom. The minimum absolute atomic E-state index is 0.797. The maximum absolute atomic E-state index is 4.73. The Labute approximate surface area is 144 Å². The van der Waals surface area contributed by atoms with E-state index in [1.807, 2.05) is 24.3 Å². The molecule has 0 radical (unpaired) electrons. The summed E-state index contributed by atoms with van der Waals surface area (Å²) in [5, 5.41) is 3.36. The number of aliphatic imine (C=N–C) groups is 1. The molecule has 0 spiro atoms. The van der Waals surface area contributed by atoms with Crippen LogP contribution in [-0.4, -0.2) is 47.5 Å². The Balaban J connectivity index is 1.83. The minimum atomic E-state index is 0.797. The van der Waals surface area contributed by atoms with Gasteiger partial charge in [0.15, 0.2) is 5.96 Å². The first kappa shape index (κ1) is 18.0. The highest BCUT2D eigenvalue weighted by Crippen LogP contribution is 2.11. The standard InChI is InChI=1S/C19H29N5/c1-4-6-9-15-24(3)19(20-5-2)21-14-10-13-18-22-16-11-7-8-12-17(16)23-18/h4,7-8,11-12H,1,5-6,9-10,13-15H2,2-3H3,(H,20,21)(H,22,23). The first-order valence-corrected chi connectivity index (χ1v) is 8.78. The van der Waals surface area contributed by atoms with E-state index in [9.17, 15) is 0 Å². The van der Waals surface area contributed by atoms with Crippen LogP contribution in [0.3, 0.4) is 0 Å². The molecule has 1 aromatic carbocycles. The summed E-state index contributed by atoms with van der Waals surface area (Å²) >= 11 is 0. The quantitative estimate of drug-likeness (QED) is 0.321. The maximum atomic E-state index is 4.73. The van der Waals surface area contributed by atoms with Crippen LogP contribution in [0.4, 0.5) is 0 Å². The van der Waals surface area contributed by atoms with Crippen molar-refractivity contribution in [2.75, 3.05) is 26.7 Å². The fraction of sp³-hybridized carbons (Fsp3) is 0.474. The van der Waals surface area contributed by atoms with Crippen molar-refractivity contribution in [3.63, 3.8) is 0 Å². The average Bonchev–Trinajstić information content (AvgIpc) is 3.00. The molecule has 130 valence electrons. The fourth-order valence-corrected chi connectivity index (χ4v) is 2.60. The number of para-hydroxylation sites is 2. The molecule has 0 aliphatic heterocycles. The van der Waals surface area contributed by atoms with E-state index in [2.05, 4.69) is 46.8 Å². The molecule has 0 aliphatic rings. The third-order valence-electron chi connectivity index (χ3n) is 3.87. The van der Waals surface area contributed by atoms with Gasteiger partial charge in [-0.15, -0.1) is 6.58 Å². The summed E-state index contributed by atoms with van der Waals surface area (Å²) in [7, 11) is 2.09. The van der Waals surface area contributed by atoms with Crippen LogP contribution in [0, 0.1) is 0 Å². The number of imidazole rings is 1. The van der Waals surface area contributed by atoms with Crippen LogP contribution in [-0.2, 0) is 6.42 Å². The Bertz CT molecular complexity index is 626. The number of fused-ring (bicyclic) bond motifs is 1. The molecule has 0 saturated heterocycles. The molecule has 1 heterocycles. The average molecular weight is 327 g/mol. The highest BCUT2D eigenvalue weighted by molar-refractivity contribution is 5.79. The van der Waals surface area contributed by atoms with E-state index in [0.29, 0.717) is 0 Å². The van der Waals surface area contributed by atoms with Crippen molar-refractivity contribution in [1.29, 1.82) is 0 Å². The van der Waals surface area contributed by atoms with E-state index in [1.54, 1.807) is 0 Å². The van der Waals surface area contributed by atoms with Gasteiger partial charge in [-0.3, -0.25) is 4.99 Å². The summed E-state index contributed by atoms with van der Waals surface area (Å²) in [6.45, 7) is 8.54. The largest absolute Gasteiger partial charge is 0.357 e. The molecule has 2 N–H and O–H groups in total. The number of rotatable bonds is 9. The zero-order valence-corrected chi connectivity index (χ0v) is 14.9. The number of aromatic amines is 1. The molecule has 0 atom stereocenters. The SMILES string of the molecule is C=CCCCN(C)C(=NCCCc1nc2ccccc2[nH]1)NCC. The Morgan fingerprint density at radius 2 is 2.21 bits per heavy atom. The molecule has 5 heteroatoms. The lowest BCUT2D eigenvalue weighted by molar-refractivity contribution is 0.469. The Morgan fingerprint density at radius 3 is 2.96 bits per heavy atom. The van der Waals surface area contributed by atoms with Gasteiger partial charge in [-0.2, -0.15) is 0 Å². The summed E-state index contributed by atoms with van der Waals surface area (Å²) in [6, 6.07) is 8.14. The van der Waals surface area contributed by atoms with E-state index in [4.69, 9.17) is 4.99 Å². The lowest BCUT2D eigenvalue weighted by Gasteiger charge is -2.21. The predicted molar refractivity (Wildman–Crippen MR) is 102 cm³/mol. The highest BCUT2D eigenvalue weighted by Gasteiger charge is 2.05. The molecular weight excluding hydrogens is 298 g/mol. The number of nitrogens with one attached hydrogen (secondary N) is 2. The number of allylic oxidation sites excluding steroid dienone is 1. The van der Waals surface area contributed by atoms with E-state index < -0.39 is 0 Å². The van der Waals surface area contributed by atoms with Gasteiger partial charge in [-0.25, -0.2) is 4.98 Å². The summed E-state index contributed by atoms with van der Waals surface area (Å²) < 4.78 is 0. The lowest BCUT2D eigenvalue weighted by Crippen LogP contribution is -2.39. The number of aryl methyl sites for hydroxylation is 1. The number of hydrogen-bond donors (Lipinski definition) is 2. The van der Waals surface area contributed by atoms with E-state index >= 15 is 0 Å². The van der Waals surface area contributed by atoms with Gasteiger partial charge in [0.05, 0.1) is 11.0 Å².